The second kappa shape index (κ2) is 42.2. The Morgan fingerprint density at radius 3 is 1.43 bits per heavy atom. The standard InChI is InChI=1S/C69H123N11O16/c1-26-28-29-46(15)59(96-55(82)39-95-33-32-94-31-30-93-25)58-63(86)72-49(27-2)65(88)74(18)38-54(81)75(19)50(34-40(3)4)62(85)73-56(44(11)12)68(91)76(20)51(35-41(5)6)61(84)70-47(16)60(83)71-48(17)64(87)77(21)52(36-42(7)8)66(89)78(22)53(37-43(9)10)67(90)79(23)57(45(13)14)69(92)80(58)24/h26,28,40-53,56-59H,27,29-39H2,1-25H3,(H,70,84)(H,71,83)(H,72,86)(H,73,85)/b28-26+/t46-,47+,48-,49-,50+,51+,52+,53+,56+,57-,58?,59-/m1/s1. The maximum atomic E-state index is 15.7. The van der Waals surface area contributed by atoms with Crippen LogP contribution in [0.5, 0.6) is 0 Å². The number of nitrogens with one attached hydrogen (secondary N) is 4. The number of ether oxygens (including phenoxy) is 4. The van der Waals surface area contributed by atoms with Gasteiger partial charge in [-0.1, -0.05) is 109 Å². The molecule has 0 radical (unpaired) electrons. The van der Waals surface area contributed by atoms with E-state index in [4.69, 9.17) is 18.9 Å². The Labute approximate surface area is 573 Å². The molecule has 12 atom stereocenters. The summed E-state index contributed by atoms with van der Waals surface area (Å²) in [5.41, 5.74) is 0. The number of amides is 11. The van der Waals surface area contributed by atoms with E-state index in [2.05, 4.69) is 21.3 Å². The number of methoxy groups -OCH3 is 1. The lowest BCUT2D eigenvalue weighted by atomic mass is 9.91. The number of rotatable bonds is 24. The second-order valence-corrected chi connectivity index (χ2v) is 28.2. The predicted molar refractivity (Wildman–Crippen MR) is 366 cm³/mol. The zero-order valence-corrected chi connectivity index (χ0v) is 62.7. The van der Waals surface area contributed by atoms with Gasteiger partial charge in [0.25, 0.3) is 0 Å². The molecule has 0 aromatic rings. The largest absolute Gasteiger partial charge is 0.458 e. The number of hydrogen-bond donors (Lipinski definition) is 4. The van der Waals surface area contributed by atoms with E-state index in [1.54, 1.807) is 60.6 Å². The van der Waals surface area contributed by atoms with Crippen LogP contribution in [0.2, 0.25) is 0 Å². The number of esters is 1. The molecule has 0 spiro atoms. The van der Waals surface area contributed by atoms with Crippen LogP contribution in [0.3, 0.4) is 0 Å². The summed E-state index contributed by atoms with van der Waals surface area (Å²) in [6.07, 6.45) is 2.83. The zero-order valence-electron chi connectivity index (χ0n) is 62.7. The third-order valence-corrected chi connectivity index (χ3v) is 17.3. The Balaban J connectivity index is 4.50. The van der Waals surface area contributed by atoms with Gasteiger partial charge in [0.2, 0.25) is 65.0 Å². The van der Waals surface area contributed by atoms with Gasteiger partial charge in [0.15, 0.2) is 0 Å². The van der Waals surface area contributed by atoms with E-state index in [1.165, 1.54) is 94.8 Å². The normalized spacial score (nSPS) is 25.1. The third kappa shape index (κ3) is 26.6. The van der Waals surface area contributed by atoms with Gasteiger partial charge >= 0.3 is 5.97 Å². The van der Waals surface area contributed by atoms with Gasteiger partial charge in [-0.3, -0.25) is 52.7 Å². The van der Waals surface area contributed by atoms with Crippen LogP contribution < -0.4 is 21.3 Å². The first-order valence-corrected chi connectivity index (χ1v) is 34.2. The van der Waals surface area contributed by atoms with Crippen LogP contribution in [-0.2, 0) is 76.5 Å². The number of carbonyl (C=O) groups excluding carboxylic acids is 12. The molecule has 1 heterocycles. The van der Waals surface area contributed by atoms with Crippen LogP contribution in [0.25, 0.3) is 0 Å². The second-order valence-electron chi connectivity index (χ2n) is 28.2. The molecule has 1 aliphatic rings. The summed E-state index contributed by atoms with van der Waals surface area (Å²) < 4.78 is 22.3. The van der Waals surface area contributed by atoms with Crippen LogP contribution in [0, 0.1) is 41.4 Å². The highest BCUT2D eigenvalue weighted by Crippen LogP contribution is 2.27. The van der Waals surface area contributed by atoms with Crippen molar-refractivity contribution in [3.05, 3.63) is 12.2 Å². The van der Waals surface area contributed by atoms with Gasteiger partial charge < -0.3 is 74.5 Å². The Kier molecular flexibility index (Phi) is 38.3. The summed E-state index contributed by atoms with van der Waals surface area (Å²) in [6, 6.07) is -12.8. The Morgan fingerprint density at radius 1 is 0.490 bits per heavy atom. The number of likely N-dealkylation sites (N-methyl/N-ethyl adjacent to an activating group) is 7. The SMILES string of the molecule is C/C=C/C[C@@H](C)[C@@H](OC(=O)COCCOCCOC)C1C(=O)N[C@H](CC)C(=O)N(C)CC(=O)N(C)[C@@H](CC(C)C)C(=O)N[C@@H](C(C)C)C(=O)N(C)[C@@H](CC(C)C)C(=O)N[C@@H](C)C(=O)N[C@H](C)C(=O)N(C)[C@@H](CC(C)C)C(=O)N(C)[C@@H](CC(C)C)C(=O)N(C)[C@H](C(C)C)C(=O)N1C. The Bertz CT molecular complexity index is 2600. The van der Waals surface area contributed by atoms with Crippen molar-refractivity contribution in [1.82, 2.24) is 55.6 Å². The van der Waals surface area contributed by atoms with Crippen molar-refractivity contribution in [1.29, 1.82) is 0 Å². The van der Waals surface area contributed by atoms with Crippen molar-refractivity contribution in [2.75, 3.05) is 96.0 Å². The summed E-state index contributed by atoms with van der Waals surface area (Å²) in [4.78, 5) is 185. The minimum Gasteiger partial charge on any atom is -0.458 e. The van der Waals surface area contributed by atoms with Crippen molar-refractivity contribution in [3.8, 4) is 0 Å². The molecule has 27 nitrogen and oxygen atoms in total. The van der Waals surface area contributed by atoms with Crippen LogP contribution in [0.15, 0.2) is 12.2 Å². The van der Waals surface area contributed by atoms with Crippen LogP contribution in [0.1, 0.15) is 156 Å². The summed E-state index contributed by atoms with van der Waals surface area (Å²) in [5.74, 6) is -11.3. The molecule has 1 unspecified atom stereocenters. The fraction of sp³-hybridized carbons (Fsp3) is 0.797. The van der Waals surface area contributed by atoms with Gasteiger partial charge in [0.1, 0.15) is 73.1 Å². The molecule has 0 aromatic carbocycles. The Morgan fingerprint density at radius 2 is 0.938 bits per heavy atom. The van der Waals surface area contributed by atoms with E-state index in [-0.39, 0.29) is 82.0 Å². The van der Waals surface area contributed by atoms with E-state index in [9.17, 15) is 38.4 Å². The smallest absolute Gasteiger partial charge is 0.332 e. The molecular weight excluding hydrogens is 1240 g/mol. The number of nitrogens with zero attached hydrogens (tertiary/aromatic N) is 7. The maximum Gasteiger partial charge on any atom is 0.332 e. The fourth-order valence-electron chi connectivity index (χ4n) is 11.5. The lowest BCUT2D eigenvalue weighted by molar-refractivity contribution is -0.168. The maximum absolute atomic E-state index is 15.7. The van der Waals surface area contributed by atoms with Crippen molar-refractivity contribution in [3.63, 3.8) is 0 Å². The zero-order chi connectivity index (χ0) is 73.9. The van der Waals surface area contributed by atoms with Gasteiger partial charge in [0, 0.05) is 56.4 Å². The number of allylic oxidation sites excluding steroid dienone is 2. The van der Waals surface area contributed by atoms with Crippen molar-refractivity contribution < 1.29 is 76.5 Å². The quantitative estimate of drug-likeness (QED) is 0.0611. The first-order chi connectivity index (χ1) is 44.6. The third-order valence-electron chi connectivity index (χ3n) is 17.3. The molecule has 0 aliphatic carbocycles. The van der Waals surface area contributed by atoms with Gasteiger partial charge in [0.05, 0.1) is 33.0 Å². The highest BCUT2D eigenvalue weighted by atomic mass is 16.6. The van der Waals surface area contributed by atoms with E-state index >= 15 is 19.2 Å². The summed E-state index contributed by atoms with van der Waals surface area (Å²) in [5, 5.41) is 11.0. The topological polar surface area (TPSA) is 313 Å². The summed E-state index contributed by atoms with van der Waals surface area (Å²) >= 11 is 0. The molecule has 1 aliphatic heterocycles. The Hall–Kier alpha value is -6.74. The molecule has 0 saturated carbocycles. The lowest BCUT2D eigenvalue weighted by Crippen LogP contribution is -2.64. The van der Waals surface area contributed by atoms with Gasteiger partial charge in [-0.2, -0.15) is 0 Å². The van der Waals surface area contributed by atoms with Crippen LogP contribution in [-0.4, -0.2) is 268 Å². The minimum atomic E-state index is -1.70. The lowest BCUT2D eigenvalue weighted by Gasteiger charge is -2.42. The molecular formula is C69H123N11O16. The first kappa shape index (κ1) is 87.3. The van der Waals surface area contributed by atoms with Gasteiger partial charge in [-0.05, 0) is 101 Å². The molecule has 0 aromatic heterocycles. The summed E-state index contributed by atoms with van der Waals surface area (Å²) in [6.45, 7) is 29.3. The van der Waals surface area contributed by atoms with E-state index in [0.717, 1.165) is 9.80 Å². The molecule has 1 fully saturated rings. The van der Waals surface area contributed by atoms with Gasteiger partial charge in [-0.25, -0.2) is 4.79 Å². The van der Waals surface area contributed by atoms with Crippen LogP contribution in [0.4, 0.5) is 0 Å². The molecule has 11 amide bonds. The van der Waals surface area contributed by atoms with E-state index in [1.807, 2.05) is 55.4 Å². The van der Waals surface area contributed by atoms with Crippen molar-refractivity contribution >= 4 is 70.9 Å². The first-order valence-electron chi connectivity index (χ1n) is 34.2. The highest BCUT2D eigenvalue weighted by molar-refractivity contribution is 5.99. The monoisotopic (exact) mass is 1360 g/mol. The molecule has 550 valence electrons. The number of carbonyl (C=O) groups is 12. The average Bonchev–Trinajstić information content (AvgIpc) is 0.804. The van der Waals surface area contributed by atoms with Crippen LogP contribution >= 0.6 is 0 Å². The molecule has 0 bridgehead atoms. The van der Waals surface area contributed by atoms with E-state index < -0.39 is 168 Å². The minimum absolute atomic E-state index is 0.00331. The number of hydrogen-bond acceptors (Lipinski definition) is 16. The molecule has 27 heteroatoms. The summed E-state index contributed by atoms with van der Waals surface area (Å²) in [7, 11) is 11.4. The molecule has 4 N–H and O–H groups in total. The molecule has 1 rings (SSSR count). The predicted octanol–water partition coefficient (Wildman–Crippen LogP) is 3.50. The van der Waals surface area contributed by atoms with Gasteiger partial charge in [-0.15, -0.1) is 0 Å². The average molecular weight is 1360 g/mol. The molecule has 96 heavy (non-hydrogen) atoms. The van der Waals surface area contributed by atoms with E-state index in [0.29, 0.717) is 6.61 Å². The van der Waals surface area contributed by atoms with Crippen molar-refractivity contribution in [2.24, 2.45) is 41.4 Å². The molecule has 1 saturated heterocycles. The van der Waals surface area contributed by atoms with Crippen molar-refractivity contribution in [2.45, 2.75) is 223 Å². The highest BCUT2D eigenvalue weighted by Gasteiger charge is 2.47. The fourth-order valence-corrected chi connectivity index (χ4v) is 11.5.